The molecule has 152 valence electrons. The first-order valence-corrected chi connectivity index (χ1v) is 10.3. The number of hydrogen-bond acceptors (Lipinski definition) is 3. The molecule has 4 rings (SSSR count). The van der Waals surface area contributed by atoms with Crippen LogP contribution in [0.15, 0.2) is 54.2 Å². The van der Waals surface area contributed by atoms with Gasteiger partial charge in [0.1, 0.15) is 5.57 Å². The van der Waals surface area contributed by atoms with Crippen molar-refractivity contribution >= 4 is 69.3 Å². The van der Waals surface area contributed by atoms with E-state index in [2.05, 4.69) is 0 Å². The fourth-order valence-electron chi connectivity index (χ4n) is 3.48. The molecule has 0 radical (unpaired) electrons. The van der Waals surface area contributed by atoms with E-state index < -0.39 is 11.8 Å². The molecule has 2 aromatic carbocycles. The predicted molar refractivity (Wildman–Crippen MR) is 124 cm³/mol. The van der Waals surface area contributed by atoms with Gasteiger partial charge in [-0.05, 0) is 42.1 Å². The molecule has 1 aliphatic heterocycles. The maximum Gasteiger partial charge on any atom is 0.265 e. The second-order valence-corrected chi connectivity index (χ2v) is 8.24. The number of para-hydroxylation sites is 1. The summed E-state index contributed by atoms with van der Waals surface area (Å²) >= 11 is 17.5. The van der Waals surface area contributed by atoms with Gasteiger partial charge in [0.15, 0.2) is 5.11 Å². The topological polar surface area (TPSA) is 45.6 Å². The molecule has 0 bridgehead atoms. The van der Waals surface area contributed by atoms with Crippen molar-refractivity contribution in [2.75, 3.05) is 14.1 Å². The normalized spacial score (nSPS) is 14.8. The minimum Gasteiger partial charge on any atom is -0.342 e. The zero-order valence-electron chi connectivity index (χ0n) is 16.2. The zero-order chi connectivity index (χ0) is 21.6. The van der Waals surface area contributed by atoms with Crippen molar-refractivity contribution in [3.8, 4) is 0 Å². The Balaban J connectivity index is 1.81. The summed E-state index contributed by atoms with van der Waals surface area (Å²) in [5, 5.41) is 2.26. The largest absolute Gasteiger partial charge is 0.342 e. The third kappa shape index (κ3) is 3.51. The summed E-state index contributed by atoms with van der Waals surface area (Å²) in [6.45, 7) is 0.519. The van der Waals surface area contributed by atoms with Crippen LogP contribution in [0.2, 0.25) is 10.0 Å². The lowest BCUT2D eigenvalue weighted by Gasteiger charge is -2.31. The van der Waals surface area contributed by atoms with Gasteiger partial charge < -0.3 is 4.57 Å². The molecule has 1 aromatic heterocycles. The summed E-state index contributed by atoms with van der Waals surface area (Å²) in [7, 11) is 3.13. The van der Waals surface area contributed by atoms with E-state index in [4.69, 9.17) is 35.4 Å². The molecule has 1 fully saturated rings. The van der Waals surface area contributed by atoms with E-state index in [0.29, 0.717) is 16.6 Å². The van der Waals surface area contributed by atoms with Gasteiger partial charge in [0.25, 0.3) is 11.8 Å². The van der Waals surface area contributed by atoms with Gasteiger partial charge in [-0.3, -0.25) is 19.4 Å². The van der Waals surface area contributed by atoms with E-state index in [1.165, 1.54) is 9.80 Å². The summed E-state index contributed by atoms with van der Waals surface area (Å²) in [6, 6.07) is 13.2. The first-order chi connectivity index (χ1) is 14.3. The van der Waals surface area contributed by atoms with Crippen LogP contribution in [-0.2, 0) is 16.1 Å². The molecular weight excluding hydrogens is 441 g/mol. The number of amides is 2. The summed E-state index contributed by atoms with van der Waals surface area (Å²) < 4.78 is 2.03. The highest BCUT2D eigenvalue weighted by molar-refractivity contribution is 7.80. The number of thiocarbonyl (C=S) groups is 1. The van der Waals surface area contributed by atoms with Crippen LogP contribution in [0, 0.1) is 0 Å². The number of fused-ring (bicyclic) bond motifs is 1. The second-order valence-electron chi connectivity index (χ2n) is 7.03. The highest BCUT2D eigenvalue weighted by Gasteiger charge is 2.35. The molecule has 1 saturated heterocycles. The van der Waals surface area contributed by atoms with Crippen LogP contribution in [0.25, 0.3) is 17.0 Å². The molecule has 0 unspecified atom stereocenters. The summed E-state index contributed by atoms with van der Waals surface area (Å²) in [5.74, 6) is -0.832. The van der Waals surface area contributed by atoms with E-state index in [1.807, 2.05) is 41.1 Å². The van der Waals surface area contributed by atoms with E-state index in [-0.39, 0.29) is 10.7 Å². The molecule has 1 aliphatic rings. The van der Waals surface area contributed by atoms with Crippen molar-refractivity contribution < 1.29 is 9.59 Å². The van der Waals surface area contributed by atoms with Gasteiger partial charge in [0, 0.05) is 53.3 Å². The highest BCUT2D eigenvalue weighted by atomic mass is 35.5. The maximum absolute atomic E-state index is 12.7. The standard InChI is InChI=1S/C22H17Cl2N3O2S/c1-25-20(28)17(21(29)26(2)22(25)30)9-14-12-27(19-6-4-3-5-16(14)19)11-13-7-8-15(23)10-18(13)24/h3-10,12H,11H2,1-2H3. The summed E-state index contributed by atoms with van der Waals surface area (Å²) in [6.07, 6.45) is 3.54. The highest BCUT2D eigenvalue weighted by Crippen LogP contribution is 2.28. The number of halogens is 2. The molecule has 0 atom stereocenters. The van der Waals surface area contributed by atoms with Crippen molar-refractivity contribution in [1.82, 2.24) is 14.4 Å². The van der Waals surface area contributed by atoms with Gasteiger partial charge in [-0.1, -0.05) is 47.5 Å². The molecule has 2 amide bonds. The number of hydrogen-bond donors (Lipinski definition) is 0. The summed E-state index contributed by atoms with van der Waals surface area (Å²) in [4.78, 5) is 28.0. The Kier molecular flexibility index (Phi) is 5.40. The van der Waals surface area contributed by atoms with Crippen LogP contribution >= 0.6 is 35.4 Å². The number of rotatable bonds is 3. The lowest BCUT2D eigenvalue weighted by molar-refractivity contribution is -0.132. The third-order valence-electron chi connectivity index (χ3n) is 5.12. The van der Waals surface area contributed by atoms with Crippen molar-refractivity contribution in [3.05, 3.63) is 75.4 Å². The zero-order valence-corrected chi connectivity index (χ0v) is 18.6. The van der Waals surface area contributed by atoms with Crippen LogP contribution in [0.1, 0.15) is 11.1 Å². The SMILES string of the molecule is CN1C(=O)C(=Cc2cn(Cc3ccc(Cl)cc3Cl)c3ccccc23)C(=O)N(C)C1=S. The fourth-order valence-corrected chi connectivity index (χ4v) is 4.12. The molecule has 8 heteroatoms. The molecule has 2 heterocycles. The molecule has 0 N–H and O–H groups in total. The molecular formula is C22H17Cl2N3O2S. The Labute approximate surface area is 189 Å². The number of likely N-dealkylation sites (N-methyl/N-ethyl adjacent to an activating group) is 2. The van der Waals surface area contributed by atoms with E-state index in [0.717, 1.165) is 22.0 Å². The Bertz CT molecular complexity index is 1220. The van der Waals surface area contributed by atoms with Crippen LogP contribution in [0.4, 0.5) is 0 Å². The van der Waals surface area contributed by atoms with Crippen molar-refractivity contribution in [1.29, 1.82) is 0 Å². The number of carbonyl (C=O) groups is 2. The van der Waals surface area contributed by atoms with Gasteiger partial charge in [0.05, 0.1) is 0 Å². The van der Waals surface area contributed by atoms with Gasteiger partial charge in [0.2, 0.25) is 0 Å². The Morgan fingerprint density at radius 3 is 2.33 bits per heavy atom. The Hall–Kier alpha value is -2.67. The molecule has 0 saturated carbocycles. The lowest BCUT2D eigenvalue weighted by atomic mass is 10.1. The smallest absolute Gasteiger partial charge is 0.265 e. The van der Waals surface area contributed by atoms with E-state index >= 15 is 0 Å². The number of nitrogens with zero attached hydrogens (tertiary/aromatic N) is 3. The monoisotopic (exact) mass is 457 g/mol. The van der Waals surface area contributed by atoms with Crippen LogP contribution in [0.5, 0.6) is 0 Å². The Morgan fingerprint density at radius 2 is 1.67 bits per heavy atom. The maximum atomic E-state index is 12.7. The molecule has 3 aromatic rings. The molecule has 30 heavy (non-hydrogen) atoms. The quantitative estimate of drug-likeness (QED) is 0.328. The Morgan fingerprint density at radius 1 is 1.00 bits per heavy atom. The van der Waals surface area contributed by atoms with Crippen LogP contribution in [0.3, 0.4) is 0 Å². The average Bonchev–Trinajstić information content (AvgIpc) is 3.08. The van der Waals surface area contributed by atoms with Crippen molar-refractivity contribution in [2.24, 2.45) is 0 Å². The third-order valence-corrected chi connectivity index (χ3v) is 6.25. The van der Waals surface area contributed by atoms with Gasteiger partial charge in [-0.15, -0.1) is 0 Å². The van der Waals surface area contributed by atoms with Crippen molar-refractivity contribution in [2.45, 2.75) is 6.54 Å². The number of aromatic nitrogens is 1. The minimum absolute atomic E-state index is 0.0704. The number of benzene rings is 2. The van der Waals surface area contributed by atoms with Crippen LogP contribution < -0.4 is 0 Å². The van der Waals surface area contributed by atoms with Gasteiger partial charge >= 0.3 is 0 Å². The van der Waals surface area contributed by atoms with E-state index in [1.54, 1.807) is 32.3 Å². The molecule has 0 aliphatic carbocycles. The molecule has 5 nitrogen and oxygen atoms in total. The number of carbonyl (C=O) groups excluding carboxylic acids is 2. The van der Waals surface area contributed by atoms with Crippen molar-refractivity contribution in [3.63, 3.8) is 0 Å². The second kappa shape index (κ2) is 7.87. The first kappa shape index (κ1) is 20.6. The lowest BCUT2D eigenvalue weighted by Crippen LogP contribution is -2.52. The summed E-state index contributed by atoms with van der Waals surface area (Å²) in [5.41, 5.74) is 2.71. The molecule has 0 spiro atoms. The van der Waals surface area contributed by atoms with Gasteiger partial charge in [-0.2, -0.15) is 0 Å². The van der Waals surface area contributed by atoms with Crippen LogP contribution in [-0.4, -0.2) is 45.4 Å². The average molecular weight is 458 g/mol. The van der Waals surface area contributed by atoms with E-state index in [9.17, 15) is 9.59 Å². The van der Waals surface area contributed by atoms with Gasteiger partial charge in [-0.25, -0.2) is 0 Å². The fraction of sp³-hybridized carbons (Fsp3) is 0.136. The first-order valence-electron chi connectivity index (χ1n) is 9.11. The minimum atomic E-state index is -0.416. The predicted octanol–water partition coefficient (Wildman–Crippen LogP) is 4.60.